The molecule has 0 unspecified atom stereocenters. The summed E-state index contributed by atoms with van der Waals surface area (Å²) in [6, 6.07) is 15.9. The van der Waals surface area contributed by atoms with Crippen molar-refractivity contribution in [2.45, 2.75) is 6.42 Å². The minimum Gasteiger partial charge on any atom is -0.497 e. The first kappa shape index (κ1) is 18.2. The number of aromatic nitrogens is 1. The lowest BCUT2D eigenvalue weighted by molar-refractivity contribution is -0.116. The van der Waals surface area contributed by atoms with Gasteiger partial charge in [-0.05, 0) is 48.5 Å². The average Bonchev–Trinajstić information content (AvgIpc) is 2.69. The fraction of sp³-hybridized carbons (Fsp3) is 0.150. The molecule has 0 bridgehead atoms. The highest BCUT2D eigenvalue weighted by Crippen LogP contribution is 2.21. The zero-order chi connectivity index (χ0) is 19.1. The van der Waals surface area contributed by atoms with E-state index in [1.54, 1.807) is 37.6 Å². The molecule has 3 amide bonds. The third kappa shape index (κ3) is 4.94. The summed E-state index contributed by atoms with van der Waals surface area (Å²) in [7, 11) is 1.58. The Labute approximate surface area is 156 Å². The number of carbonyl (C=O) groups excluding carboxylic acids is 2. The van der Waals surface area contributed by atoms with Crippen molar-refractivity contribution in [2.24, 2.45) is 0 Å². The molecule has 3 N–H and O–H groups in total. The number of pyridine rings is 1. The number of anilines is 2. The first-order valence-electron chi connectivity index (χ1n) is 8.48. The van der Waals surface area contributed by atoms with E-state index in [1.807, 2.05) is 30.3 Å². The van der Waals surface area contributed by atoms with Crippen LogP contribution >= 0.6 is 0 Å². The number of amides is 3. The molecule has 0 atom stereocenters. The Morgan fingerprint density at radius 1 is 1.00 bits per heavy atom. The van der Waals surface area contributed by atoms with Crippen LogP contribution in [-0.2, 0) is 4.79 Å². The van der Waals surface area contributed by atoms with Crippen molar-refractivity contribution in [3.8, 4) is 5.75 Å². The molecule has 3 aromatic rings. The van der Waals surface area contributed by atoms with Gasteiger partial charge in [0, 0.05) is 30.2 Å². The highest BCUT2D eigenvalue weighted by molar-refractivity contribution is 6.01. The molecule has 0 spiro atoms. The van der Waals surface area contributed by atoms with Crippen LogP contribution in [0.3, 0.4) is 0 Å². The molecule has 0 fully saturated rings. The van der Waals surface area contributed by atoms with Crippen molar-refractivity contribution in [1.82, 2.24) is 10.3 Å². The van der Waals surface area contributed by atoms with Crippen molar-refractivity contribution in [1.29, 1.82) is 0 Å². The number of nitrogens with zero attached hydrogens (tertiary/aromatic N) is 1. The molecule has 138 valence electrons. The van der Waals surface area contributed by atoms with Crippen molar-refractivity contribution < 1.29 is 14.3 Å². The minimum absolute atomic E-state index is 0.159. The summed E-state index contributed by atoms with van der Waals surface area (Å²) in [6.45, 7) is 0.219. The zero-order valence-electron chi connectivity index (χ0n) is 14.9. The van der Waals surface area contributed by atoms with Gasteiger partial charge in [-0.15, -0.1) is 0 Å². The Hall–Kier alpha value is -3.61. The van der Waals surface area contributed by atoms with E-state index in [0.717, 1.165) is 10.9 Å². The highest BCUT2D eigenvalue weighted by atomic mass is 16.5. The Morgan fingerprint density at radius 2 is 1.81 bits per heavy atom. The summed E-state index contributed by atoms with van der Waals surface area (Å²) < 4.78 is 5.06. The van der Waals surface area contributed by atoms with Crippen LogP contribution in [-0.4, -0.2) is 30.6 Å². The third-order valence-electron chi connectivity index (χ3n) is 3.91. The number of nitrogens with one attached hydrogen (secondary N) is 3. The topological polar surface area (TPSA) is 92.4 Å². The molecule has 7 nitrogen and oxygen atoms in total. The summed E-state index contributed by atoms with van der Waals surface area (Å²) in [6.07, 6.45) is 1.87. The first-order chi connectivity index (χ1) is 13.2. The van der Waals surface area contributed by atoms with E-state index in [4.69, 9.17) is 4.74 Å². The van der Waals surface area contributed by atoms with E-state index < -0.39 is 0 Å². The average molecular weight is 364 g/mol. The summed E-state index contributed by atoms with van der Waals surface area (Å²) in [5.74, 6) is 0.525. The zero-order valence-corrected chi connectivity index (χ0v) is 14.9. The summed E-state index contributed by atoms with van der Waals surface area (Å²) in [4.78, 5) is 28.3. The lowest BCUT2D eigenvalue weighted by atomic mass is 10.2. The molecule has 2 aromatic carbocycles. The lowest BCUT2D eigenvalue weighted by Crippen LogP contribution is -2.31. The van der Waals surface area contributed by atoms with Gasteiger partial charge in [0.15, 0.2) is 0 Å². The summed E-state index contributed by atoms with van der Waals surface area (Å²) in [5.41, 5.74) is 2.15. The minimum atomic E-state index is -0.373. The quantitative estimate of drug-likeness (QED) is 0.625. The Bertz CT molecular complexity index is 936. The summed E-state index contributed by atoms with van der Waals surface area (Å²) in [5, 5.41) is 9.08. The van der Waals surface area contributed by atoms with Crippen LogP contribution < -0.4 is 20.7 Å². The molecule has 0 aliphatic heterocycles. The molecular weight excluding hydrogens is 344 g/mol. The predicted octanol–water partition coefficient (Wildman–Crippen LogP) is 3.39. The second-order valence-electron chi connectivity index (χ2n) is 5.78. The van der Waals surface area contributed by atoms with Gasteiger partial charge in [-0.1, -0.05) is 6.07 Å². The number of hydrogen-bond donors (Lipinski definition) is 3. The van der Waals surface area contributed by atoms with Crippen molar-refractivity contribution >= 4 is 34.2 Å². The van der Waals surface area contributed by atoms with Crippen molar-refractivity contribution in [3.05, 3.63) is 60.8 Å². The Kier molecular flexibility index (Phi) is 5.84. The standard InChI is InChI=1S/C20H20N4O3/c1-27-15-9-7-14(8-10-15)23-20(26)22-13-11-19(25)24-18-6-2-5-17-16(18)4-3-12-21-17/h2-10,12H,11,13H2,1H3,(H,24,25)(H2,22,23,26). The maximum atomic E-state index is 12.1. The number of carbonyl (C=O) groups is 2. The molecule has 0 radical (unpaired) electrons. The van der Waals surface area contributed by atoms with Gasteiger partial charge in [-0.3, -0.25) is 9.78 Å². The van der Waals surface area contributed by atoms with Gasteiger partial charge < -0.3 is 20.7 Å². The molecule has 0 saturated heterocycles. The molecule has 1 aromatic heterocycles. The number of rotatable bonds is 6. The monoisotopic (exact) mass is 364 g/mol. The van der Waals surface area contributed by atoms with Crippen LogP contribution in [0, 0.1) is 0 Å². The van der Waals surface area contributed by atoms with Crippen LogP contribution in [0.15, 0.2) is 60.8 Å². The van der Waals surface area contributed by atoms with Gasteiger partial charge in [-0.25, -0.2) is 4.79 Å². The van der Waals surface area contributed by atoms with E-state index in [2.05, 4.69) is 20.9 Å². The van der Waals surface area contributed by atoms with Gasteiger partial charge in [0.2, 0.25) is 5.91 Å². The van der Waals surface area contributed by atoms with Crippen LogP contribution in [0.25, 0.3) is 10.9 Å². The van der Waals surface area contributed by atoms with E-state index in [9.17, 15) is 9.59 Å². The van der Waals surface area contributed by atoms with Gasteiger partial charge in [-0.2, -0.15) is 0 Å². The molecule has 0 aliphatic carbocycles. The number of fused-ring (bicyclic) bond motifs is 1. The molecular formula is C20H20N4O3. The van der Waals surface area contributed by atoms with Crippen LogP contribution in [0.4, 0.5) is 16.2 Å². The van der Waals surface area contributed by atoms with Crippen molar-refractivity contribution in [3.63, 3.8) is 0 Å². The largest absolute Gasteiger partial charge is 0.497 e. The van der Waals surface area contributed by atoms with Crippen LogP contribution in [0.1, 0.15) is 6.42 Å². The fourth-order valence-corrected chi connectivity index (χ4v) is 2.56. The number of hydrogen-bond acceptors (Lipinski definition) is 4. The predicted molar refractivity (Wildman–Crippen MR) is 105 cm³/mol. The SMILES string of the molecule is COc1ccc(NC(=O)NCCC(=O)Nc2cccc3ncccc23)cc1. The van der Waals surface area contributed by atoms with Gasteiger partial charge >= 0.3 is 6.03 Å². The van der Waals surface area contributed by atoms with E-state index >= 15 is 0 Å². The van der Waals surface area contributed by atoms with Crippen molar-refractivity contribution in [2.75, 3.05) is 24.3 Å². The Balaban J connectivity index is 1.46. The lowest BCUT2D eigenvalue weighted by Gasteiger charge is -2.10. The van der Waals surface area contributed by atoms with Gasteiger partial charge in [0.1, 0.15) is 5.75 Å². The van der Waals surface area contributed by atoms with Crippen LogP contribution in [0.2, 0.25) is 0 Å². The second-order valence-corrected chi connectivity index (χ2v) is 5.78. The maximum Gasteiger partial charge on any atom is 0.319 e. The molecule has 1 heterocycles. The number of urea groups is 1. The molecule has 3 rings (SSSR count). The molecule has 7 heteroatoms. The second kappa shape index (κ2) is 8.66. The smallest absolute Gasteiger partial charge is 0.319 e. The van der Waals surface area contributed by atoms with Gasteiger partial charge in [0.05, 0.1) is 18.3 Å². The Morgan fingerprint density at radius 3 is 2.59 bits per heavy atom. The van der Waals surface area contributed by atoms with Crippen LogP contribution in [0.5, 0.6) is 5.75 Å². The first-order valence-corrected chi connectivity index (χ1v) is 8.48. The van der Waals surface area contributed by atoms with Gasteiger partial charge in [0.25, 0.3) is 0 Å². The number of benzene rings is 2. The molecule has 27 heavy (non-hydrogen) atoms. The van der Waals surface area contributed by atoms with E-state index in [1.165, 1.54) is 0 Å². The molecule has 0 saturated carbocycles. The number of ether oxygens (including phenoxy) is 1. The van der Waals surface area contributed by atoms with E-state index in [0.29, 0.717) is 17.1 Å². The third-order valence-corrected chi connectivity index (χ3v) is 3.91. The number of methoxy groups -OCH3 is 1. The normalized spacial score (nSPS) is 10.3. The summed E-state index contributed by atoms with van der Waals surface area (Å²) >= 11 is 0. The van der Waals surface area contributed by atoms with E-state index in [-0.39, 0.29) is 24.9 Å². The maximum absolute atomic E-state index is 12.1. The fourth-order valence-electron chi connectivity index (χ4n) is 2.56. The molecule has 0 aliphatic rings. The highest BCUT2D eigenvalue weighted by Gasteiger charge is 2.07.